The summed E-state index contributed by atoms with van der Waals surface area (Å²) in [5, 5.41) is 5.71. The normalized spacial score (nSPS) is 9.38. The van der Waals surface area contributed by atoms with Gasteiger partial charge in [0.05, 0.1) is 13.2 Å². The number of rotatable bonds is 6. The second kappa shape index (κ2) is 9.01. The molecule has 0 heterocycles. The molecule has 2 N–H and O–H groups in total. The van der Waals surface area contributed by atoms with E-state index in [0.29, 0.717) is 34.9 Å². The number of thiocarbonyl (C=S) groups is 2. The standard InChI is InChI=1S/C6H12N2OS4/c10-5(11)7-1-3-9-4-2-8-6(12)13/h1-4H2,(H2,7,10,11)(H2,8,12,13). The zero-order valence-electron chi connectivity index (χ0n) is 6.95. The first-order valence-corrected chi connectivity index (χ1v) is 5.35. The van der Waals surface area contributed by atoms with E-state index in [-0.39, 0.29) is 0 Å². The third kappa shape index (κ3) is 12.4. The molecule has 0 aliphatic carbocycles. The second-order valence-electron chi connectivity index (χ2n) is 2.08. The van der Waals surface area contributed by atoms with Gasteiger partial charge in [-0.15, -0.1) is 25.3 Å². The fraction of sp³-hybridized carbons (Fsp3) is 0.667. The maximum absolute atomic E-state index is 5.22. The average molecular weight is 256 g/mol. The highest BCUT2D eigenvalue weighted by atomic mass is 32.1. The van der Waals surface area contributed by atoms with Crippen molar-refractivity contribution in [2.24, 2.45) is 0 Å². The van der Waals surface area contributed by atoms with Crippen molar-refractivity contribution >= 4 is 58.3 Å². The Morgan fingerprint density at radius 3 is 1.69 bits per heavy atom. The Morgan fingerprint density at radius 1 is 1.00 bits per heavy atom. The van der Waals surface area contributed by atoms with Crippen LogP contribution in [0.3, 0.4) is 0 Å². The van der Waals surface area contributed by atoms with Crippen molar-refractivity contribution in [2.45, 2.75) is 0 Å². The molecule has 0 saturated carbocycles. The third-order valence-electron chi connectivity index (χ3n) is 1.05. The van der Waals surface area contributed by atoms with Crippen LogP contribution in [0.2, 0.25) is 0 Å². The Bertz CT molecular complexity index is 158. The van der Waals surface area contributed by atoms with Crippen molar-refractivity contribution in [3.8, 4) is 0 Å². The van der Waals surface area contributed by atoms with Gasteiger partial charge in [-0.25, -0.2) is 0 Å². The topological polar surface area (TPSA) is 33.3 Å². The molecular weight excluding hydrogens is 244 g/mol. The van der Waals surface area contributed by atoms with E-state index < -0.39 is 0 Å². The van der Waals surface area contributed by atoms with Gasteiger partial charge >= 0.3 is 0 Å². The van der Waals surface area contributed by atoms with Crippen LogP contribution in [0.15, 0.2) is 0 Å². The minimum Gasteiger partial charge on any atom is -0.378 e. The van der Waals surface area contributed by atoms with Gasteiger partial charge in [0.25, 0.3) is 0 Å². The van der Waals surface area contributed by atoms with Crippen LogP contribution in [0.4, 0.5) is 0 Å². The summed E-state index contributed by atoms with van der Waals surface area (Å²) in [6.45, 7) is 2.55. The summed E-state index contributed by atoms with van der Waals surface area (Å²) in [4.78, 5) is 0. The van der Waals surface area contributed by atoms with Gasteiger partial charge in [0.2, 0.25) is 0 Å². The fourth-order valence-corrected chi connectivity index (χ4v) is 0.990. The molecule has 0 saturated heterocycles. The van der Waals surface area contributed by atoms with Crippen LogP contribution in [-0.2, 0) is 4.74 Å². The predicted octanol–water partition coefficient (Wildman–Crippen LogP) is 0.612. The van der Waals surface area contributed by atoms with Gasteiger partial charge in [0.15, 0.2) is 0 Å². The van der Waals surface area contributed by atoms with Crippen LogP contribution in [0.1, 0.15) is 0 Å². The molecule has 0 aromatic carbocycles. The molecule has 0 aromatic heterocycles. The first-order valence-electron chi connectivity index (χ1n) is 3.64. The van der Waals surface area contributed by atoms with Crippen molar-refractivity contribution in [3.05, 3.63) is 0 Å². The number of hydrogen-bond donors (Lipinski definition) is 4. The Hall–Kier alpha value is 0.440. The first-order chi connectivity index (χ1) is 6.13. The summed E-state index contributed by atoms with van der Waals surface area (Å²) in [5.41, 5.74) is 0. The molecule has 0 amide bonds. The zero-order chi connectivity index (χ0) is 10.1. The van der Waals surface area contributed by atoms with E-state index in [9.17, 15) is 0 Å². The lowest BCUT2D eigenvalue weighted by Gasteiger charge is -2.05. The molecule has 0 rings (SSSR count). The molecule has 0 atom stereocenters. The van der Waals surface area contributed by atoms with Crippen LogP contribution < -0.4 is 10.6 Å². The summed E-state index contributed by atoms with van der Waals surface area (Å²) in [6, 6.07) is 0. The third-order valence-corrected chi connectivity index (χ3v) is 1.65. The molecule has 0 aliphatic rings. The summed E-state index contributed by atoms with van der Waals surface area (Å²) < 4.78 is 6.19. The molecule has 0 unspecified atom stereocenters. The van der Waals surface area contributed by atoms with Crippen molar-refractivity contribution in [1.29, 1.82) is 0 Å². The molecule has 0 spiro atoms. The van der Waals surface area contributed by atoms with E-state index in [1.54, 1.807) is 0 Å². The Morgan fingerprint density at radius 2 is 1.38 bits per heavy atom. The molecule has 0 aliphatic heterocycles. The highest BCUT2D eigenvalue weighted by Gasteiger charge is 1.90. The molecule has 0 radical (unpaired) electrons. The summed E-state index contributed by atoms with van der Waals surface area (Å²) in [6.07, 6.45) is 0. The first kappa shape index (κ1) is 13.4. The molecule has 7 heteroatoms. The number of nitrogens with one attached hydrogen (secondary N) is 2. The zero-order valence-corrected chi connectivity index (χ0v) is 10.4. The van der Waals surface area contributed by atoms with Crippen LogP contribution >= 0.6 is 49.7 Å². The molecule has 0 bridgehead atoms. The van der Waals surface area contributed by atoms with Crippen LogP contribution in [0.25, 0.3) is 0 Å². The van der Waals surface area contributed by atoms with Crippen molar-refractivity contribution in [3.63, 3.8) is 0 Å². The van der Waals surface area contributed by atoms with E-state index in [4.69, 9.17) is 4.74 Å². The molecule has 0 fully saturated rings. The van der Waals surface area contributed by atoms with E-state index in [1.807, 2.05) is 0 Å². The maximum atomic E-state index is 5.22. The van der Waals surface area contributed by atoms with E-state index in [2.05, 4.69) is 60.3 Å². The molecule has 3 nitrogen and oxygen atoms in total. The number of ether oxygens (including phenoxy) is 1. The van der Waals surface area contributed by atoms with Gasteiger partial charge in [0, 0.05) is 13.1 Å². The van der Waals surface area contributed by atoms with Gasteiger partial charge in [-0.3, -0.25) is 0 Å². The van der Waals surface area contributed by atoms with Gasteiger partial charge < -0.3 is 15.4 Å². The van der Waals surface area contributed by atoms with Gasteiger partial charge in [-0.05, 0) is 0 Å². The monoisotopic (exact) mass is 256 g/mol. The smallest absolute Gasteiger partial charge is 0.130 e. The lowest BCUT2D eigenvalue weighted by molar-refractivity contribution is 0.144. The summed E-state index contributed by atoms with van der Waals surface area (Å²) in [7, 11) is 0. The molecule has 0 aromatic rings. The van der Waals surface area contributed by atoms with Gasteiger partial charge in [-0.2, -0.15) is 0 Å². The molecule has 13 heavy (non-hydrogen) atoms. The Labute approximate surface area is 99.8 Å². The van der Waals surface area contributed by atoms with Gasteiger partial charge in [-0.1, -0.05) is 24.4 Å². The van der Waals surface area contributed by atoms with Gasteiger partial charge in [0.1, 0.15) is 8.64 Å². The SMILES string of the molecule is S=C(S)NCCOCCNC(=S)S. The molecular formula is C6H12N2OS4. The maximum Gasteiger partial charge on any atom is 0.130 e. The molecule has 76 valence electrons. The average Bonchev–Trinajstić information content (AvgIpc) is 2.01. The van der Waals surface area contributed by atoms with Crippen molar-refractivity contribution < 1.29 is 4.74 Å². The number of thiol groups is 2. The number of hydrogen-bond acceptors (Lipinski definition) is 3. The second-order valence-corrected chi connectivity index (χ2v) is 4.39. The minimum absolute atomic E-state index is 0.485. The highest BCUT2D eigenvalue weighted by Crippen LogP contribution is 1.79. The lowest BCUT2D eigenvalue weighted by atomic mass is 10.6. The lowest BCUT2D eigenvalue weighted by Crippen LogP contribution is -2.25. The van der Waals surface area contributed by atoms with Crippen molar-refractivity contribution in [1.82, 2.24) is 10.6 Å². The quantitative estimate of drug-likeness (QED) is 0.318. The van der Waals surface area contributed by atoms with E-state index >= 15 is 0 Å². The van der Waals surface area contributed by atoms with Crippen molar-refractivity contribution in [2.75, 3.05) is 26.3 Å². The Balaban J connectivity index is 3.00. The predicted molar refractivity (Wildman–Crippen MR) is 70.0 cm³/mol. The Kier molecular flexibility index (Phi) is 9.32. The largest absolute Gasteiger partial charge is 0.378 e. The minimum atomic E-state index is 0.485. The van der Waals surface area contributed by atoms with E-state index in [0.717, 1.165) is 0 Å². The summed E-state index contributed by atoms with van der Waals surface area (Å²) in [5.74, 6) is 0. The highest BCUT2D eigenvalue weighted by molar-refractivity contribution is 8.11. The van der Waals surface area contributed by atoms with Crippen LogP contribution in [-0.4, -0.2) is 34.9 Å². The summed E-state index contributed by atoms with van der Waals surface area (Å²) >= 11 is 17.2. The fourth-order valence-electron chi connectivity index (χ4n) is 0.562. The van der Waals surface area contributed by atoms with E-state index in [1.165, 1.54) is 0 Å². The van der Waals surface area contributed by atoms with Crippen LogP contribution in [0.5, 0.6) is 0 Å². The van der Waals surface area contributed by atoms with Crippen LogP contribution in [0, 0.1) is 0 Å².